The Kier molecular flexibility index (Phi) is 3.10. The van der Waals surface area contributed by atoms with Gasteiger partial charge in [0.1, 0.15) is 0 Å². The molecule has 96 valence electrons. The second kappa shape index (κ2) is 4.90. The molecule has 0 aliphatic rings. The van der Waals surface area contributed by atoms with Crippen molar-refractivity contribution in [3.05, 3.63) is 71.4 Å². The van der Waals surface area contributed by atoms with E-state index in [1.165, 1.54) is 27.6 Å². The molecule has 2 nitrogen and oxygen atoms in total. The monoisotopic (exact) mass is 250 g/mol. The summed E-state index contributed by atoms with van der Waals surface area (Å²) in [6.45, 7) is 3.66. The molecule has 19 heavy (non-hydrogen) atoms. The Morgan fingerprint density at radius 3 is 2.53 bits per heavy atom. The van der Waals surface area contributed by atoms with Crippen molar-refractivity contribution in [1.82, 2.24) is 4.57 Å². The maximum absolute atomic E-state index is 5.79. The lowest BCUT2D eigenvalue weighted by atomic mass is 10.1. The molecule has 0 saturated heterocycles. The maximum atomic E-state index is 5.79. The molecule has 0 atom stereocenters. The molecule has 0 spiro atoms. The highest BCUT2D eigenvalue weighted by atomic mass is 14.9. The smallest absolute Gasteiger partial charge is 0.0486 e. The first kappa shape index (κ1) is 12.0. The topological polar surface area (TPSA) is 30.9 Å². The van der Waals surface area contributed by atoms with Crippen LogP contribution in [0.15, 0.2) is 54.7 Å². The van der Waals surface area contributed by atoms with Gasteiger partial charge in [-0.3, -0.25) is 0 Å². The fourth-order valence-electron chi connectivity index (χ4n) is 2.57. The van der Waals surface area contributed by atoms with Crippen molar-refractivity contribution in [3.8, 4) is 0 Å². The lowest BCUT2D eigenvalue weighted by Crippen LogP contribution is -2.01. The fourth-order valence-corrected chi connectivity index (χ4v) is 2.57. The number of nitrogens with zero attached hydrogens (tertiary/aromatic N) is 1. The summed E-state index contributed by atoms with van der Waals surface area (Å²) in [6, 6.07) is 17.0. The van der Waals surface area contributed by atoms with E-state index in [0.717, 1.165) is 6.54 Å². The molecule has 0 radical (unpaired) electrons. The number of aryl methyl sites for hydroxylation is 1. The van der Waals surface area contributed by atoms with Gasteiger partial charge in [0.15, 0.2) is 0 Å². The van der Waals surface area contributed by atoms with Crippen LogP contribution in [0.4, 0.5) is 0 Å². The van der Waals surface area contributed by atoms with Gasteiger partial charge in [-0.25, -0.2) is 0 Å². The molecule has 1 aromatic heterocycles. The lowest BCUT2D eigenvalue weighted by molar-refractivity contribution is 0.830. The molecule has 3 aromatic rings. The second-order valence-corrected chi connectivity index (χ2v) is 4.92. The molecule has 0 fully saturated rings. The summed E-state index contributed by atoms with van der Waals surface area (Å²) in [6.07, 6.45) is 2.15. The number of hydrogen-bond acceptors (Lipinski definition) is 1. The van der Waals surface area contributed by atoms with Gasteiger partial charge >= 0.3 is 0 Å². The maximum Gasteiger partial charge on any atom is 0.0486 e. The molecule has 2 aromatic carbocycles. The summed E-state index contributed by atoms with van der Waals surface area (Å²) in [5.41, 5.74) is 10.9. The van der Waals surface area contributed by atoms with Gasteiger partial charge in [0.05, 0.1) is 0 Å². The van der Waals surface area contributed by atoms with E-state index in [4.69, 9.17) is 5.73 Å². The van der Waals surface area contributed by atoms with Crippen molar-refractivity contribution in [1.29, 1.82) is 0 Å². The van der Waals surface area contributed by atoms with Gasteiger partial charge in [-0.2, -0.15) is 0 Å². The van der Waals surface area contributed by atoms with Crippen LogP contribution in [0.1, 0.15) is 16.7 Å². The normalized spacial score (nSPS) is 11.1. The van der Waals surface area contributed by atoms with Crippen LogP contribution < -0.4 is 5.73 Å². The van der Waals surface area contributed by atoms with E-state index in [1.54, 1.807) is 0 Å². The summed E-state index contributed by atoms with van der Waals surface area (Å²) in [5, 5.41) is 1.26. The minimum Gasteiger partial charge on any atom is -0.343 e. The molecule has 0 aliphatic heterocycles. The van der Waals surface area contributed by atoms with Crippen molar-refractivity contribution in [2.75, 3.05) is 0 Å². The Hall–Kier alpha value is -2.06. The number of rotatable bonds is 3. The van der Waals surface area contributed by atoms with E-state index in [-0.39, 0.29) is 0 Å². The summed E-state index contributed by atoms with van der Waals surface area (Å²) in [4.78, 5) is 0. The van der Waals surface area contributed by atoms with E-state index in [9.17, 15) is 0 Å². The predicted molar refractivity (Wildman–Crippen MR) is 80.1 cm³/mol. The molecule has 0 amide bonds. The zero-order valence-corrected chi connectivity index (χ0v) is 11.1. The van der Waals surface area contributed by atoms with Crippen molar-refractivity contribution in [2.24, 2.45) is 5.73 Å². The molecule has 1 heterocycles. The highest BCUT2D eigenvalue weighted by Gasteiger charge is 2.05. The van der Waals surface area contributed by atoms with Crippen molar-refractivity contribution in [2.45, 2.75) is 20.0 Å². The van der Waals surface area contributed by atoms with Gasteiger partial charge in [0, 0.05) is 30.2 Å². The minimum atomic E-state index is 0.589. The molecule has 2 heteroatoms. The lowest BCUT2D eigenvalue weighted by Gasteiger charge is -2.09. The fraction of sp³-hybridized carbons (Fsp3) is 0.176. The molecule has 0 aliphatic carbocycles. The van der Waals surface area contributed by atoms with Crippen LogP contribution in [0.5, 0.6) is 0 Å². The van der Waals surface area contributed by atoms with E-state index in [1.807, 2.05) is 0 Å². The quantitative estimate of drug-likeness (QED) is 0.758. The average Bonchev–Trinajstić information content (AvgIpc) is 2.84. The Morgan fingerprint density at radius 1 is 0.947 bits per heavy atom. The van der Waals surface area contributed by atoms with E-state index >= 15 is 0 Å². The molecular weight excluding hydrogens is 232 g/mol. The highest BCUT2D eigenvalue weighted by molar-refractivity contribution is 5.83. The molecule has 0 saturated carbocycles. The average molecular weight is 250 g/mol. The van der Waals surface area contributed by atoms with Crippen LogP contribution in [-0.4, -0.2) is 4.57 Å². The third kappa shape index (κ3) is 2.15. The second-order valence-electron chi connectivity index (χ2n) is 4.92. The Bertz CT molecular complexity index is 710. The summed E-state index contributed by atoms with van der Waals surface area (Å²) >= 11 is 0. The van der Waals surface area contributed by atoms with E-state index in [0.29, 0.717) is 6.54 Å². The van der Waals surface area contributed by atoms with Crippen molar-refractivity contribution < 1.29 is 0 Å². The van der Waals surface area contributed by atoms with Gasteiger partial charge in [0.25, 0.3) is 0 Å². The van der Waals surface area contributed by atoms with Crippen molar-refractivity contribution in [3.63, 3.8) is 0 Å². The Labute approximate surface area is 113 Å². The zero-order valence-electron chi connectivity index (χ0n) is 11.1. The van der Waals surface area contributed by atoms with Gasteiger partial charge < -0.3 is 10.3 Å². The summed E-state index contributed by atoms with van der Waals surface area (Å²) in [5.74, 6) is 0. The Balaban J connectivity index is 2.05. The number of benzene rings is 2. The van der Waals surface area contributed by atoms with Gasteiger partial charge in [0.2, 0.25) is 0 Å². The third-order valence-corrected chi connectivity index (χ3v) is 3.73. The van der Waals surface area contributed by atoms with Crippen LogP contribution >= 0.6 is 0 Å². The zero-order chi connectivity index (χ0) is 13.2. The number of aromatic nitrogens is 1. The highest BCUT2D eigenvalue weighted by Crippen LogP contribution is 2.21. The standard InChI is InChI=1S/C17H18N2/c1-13-5-2-3-6-15(13)12-19-10-9-16-14(11-18)7-4-8-17(16)19/h2-10H,11-12,18H2,1H3. The Morgan fingerprint density at radius 2 is 1.74 bits per heavy atom. The van der Waals surface area contributed by atoms with E-state index in [2.05, 4.69) is 66.2 Å². The summed E-state index contributed by atoms with van der Waals surface area (Å²) in [7, 11) is 0. The number of fused-ring (bicyclic) bond motifs is 1. The number of nitrogens with two attached hydrogens (primary N) is 1. The first-order chi connectivity index (χ1) is 9.29. The van der Waals surface area contributed by atoms with Crippen LogP contribution in [0.25, 0.3) is 10.9 Å². The van der Waals surface area contributed by atoms with E-state index < -0.39 is 0 Å². The van der Waals surface area contributed by atoms with Crippen LogP contribution in [0, 0.1) is 6.92 Å². The molecular formula is C17H18N2. The molecule has 0 unspecified atom stereocenters. The van der Waals surface area contributed by atoms with Crippen LogP contribution in [0.3, 0.4) is 0 Å². The first-order valence-corrected chi connectivity index (χ1v) is 6.61. The SMILES string of the molecule is Cc1ccccc1Cn1ccc2c(CN)cccc21. The van der Waals surface area contributed by atoms with Crippen LogP contribution in [0.2, 0.25) is 0 Å². The van der Waals surface area contributed by atoms with Crippen molar-refractivity contribution >= 4 is 10.9 Å². The molecule has 2 N–H and O–H groups in total. The first-order valence-electron chi connectivity index (χ1n) is 6.61. The largest absolute Gasteiger partial charge is 0.343 e. The van der Waals surface area contributed by atoms with Gasteiger partial charge in [-0.15, -0.1) is 0 Å². The number of hydrogen-bond donors (Lipinski definition) is 1. The van der Waals surface area contributed by atoms with Gasteiger partial charge in [-0.05, 0) is 35.7 Å². The minimum absolute atomic E-state index is 0.589. The van der Waals surface area contributed by atoms with Gasteiger partial charge in [-0.1, -0.05) is 36.4 Å². The molecule has 3 rings (SSSR count). The third-order valence-electron chi connectivity index (χ3n) is 3.73. The van der Waals surface area contributed by atoms with Crippen LogP contribution in [-0.2, 0) is 13.1 Å². The summed E-state index contributed by atoms with van der Waals surface area (Å²) < 4.78 is 2.29. The predicted octanol–water partition coefficient (Wildman–Crippen LogP) is 3.46. The molecule has 0 bridgehead atoms.